The Kier molecular flexibility index (Phi) is 6.28. The van der Waals surface area contributed by atoms with E-state index < -0.39 is 5.82 Å². The van der Waals surface area contributed by atoms with Crippen LogP contribution in [0.2, 0.25) is 0 Å². The van der Waals surface area contributed by atoms with E-state index in [9.17, 15) is 13.6 Å². The van der Waals surface area contributed by atoms with Crippen molar-refractivity contribution in [1.82, 2.24) is 9.80 Å². The summed E-state index contributed by atoms with van der Waals surface area (Å²) in [6.45, 7) is 4.20. The fraction of sp³-hybridized carbons (Fsp3) is 0.240. The van der Waals surface area contributed by atoms with Gasteiger partial charge in [0.25, 0.3) is 0 Å². The Bertz CT molecular complexity index is 1030. The monoisotopic (exact) mass is 421 g/mol. The number of rotatable bonds is 4. The van der Waals surface area contributed by atoms with E-state index in [-0.39, 0.29) is 23.6 Å². The highest BCUT2D eigenvalue weighted by Gasteiger charge is 2.28. The van der Waals surface area contributed by atoms with Crippen LogP contribution >= 0.6 is 0 Å². The van der Waals surface area contributed by atoms with Crippen molar-refractivity contribution in [3.63, 3.8) is 0 Å². The molecule has 1 saturated heterocycles. The molecule has 1 aliphatic rings. The van der Waals surface area contributed by atoms with E-state index in [0.717, 1.165) is 16.7 Å². The number of anilines is 1. The van der Waals surface area contributed by atoms with Crippen LogP contribution < -0.4 is 5.32 Å². The van der Waals surface area contributed by atoms with Crippen molar-refractivity contribution in [1.29, 1.82) is 0 Å². The lowest BCUT2D eigenvalue weighted by Gasteiger charge is -2.39. The van der Waals surface area contributed by atoms with Gasteiger partial charge in [-0.25, -0.2) is 13.6 Å². The standard InChI is InChI=1S/C25H25F2N3O/c1-18-7-12-22(27)23(17-18)28-25(31)30-15-13-29(14-16-30)24(19-5-3-2-4-6-19)20-8-10-21(26)11-9-20/h2-12,17,24H,13-16H2,1H3,(H,28,31)/t24-/m1/s1. The van der Waals surface area contributed by atoms with Crippen LogP contribution in [0.1, 0.15) is 22.7 Å². The first-order chi connectivity index (χ1) is 15.0. The molecule has 0 saturated carbocycles. The zero-order valence-corrected chi connectivity index (χ0v) is 17.4. The second-order valence-corrected chi connectivity index (χ2v) is 7.80. The third kappa shape index (κ3) is 4.91. The predicted molar refractivity (Wildman–Crippen MR) is 118 cm³/mol. The molecule has 3 aromatic carbocycles. The maximum atomic E-state index is 14.0. The first kappa shape index (κ1) is 21.0. The molecule has 1 fully saturated rings. The van der Waals surface area contributed by atoms with Crippen molar-refractivity contribution < 1.29 is 13.6 Å². The van der Waals surface area contributed by atoms with Gasteiger partial charge in [0.05, 0.1) is 11.7 Å². The Morgan fingerprint density at radius 3 is 2.19 bits per heavy atom. The summed E-state index contributed by atoms with van der Waals surface area (Å²) in [4.78, 5) is 16.7. The Morgan fingerprint density at radius 2 is 1.52 bits per heavy atom. The van der Waals surface area contributed by atoms with E-state index in [1.54, 1.807) is 17.0 Å². The molecule has 0 aromatic heterocycles. The highest BCUT2D eigenvalue weighted by atomic mass is 19.1. The maximum Gasteiger partial charge on any atom is 0.322 e. The van der Waals surface area contributed by atoms with Crippen molar-refractivity contribution in [3.05, 3.63) is 101 Å². The Morgan fingerprint density at radius 1 is 0.871 bits per heavy atom. The molecule has 0 unspecified atom stereocenters. The maximum absolute atomic E-state index is 14.0. The molecule has 31 heavy (non-hydrogen) atoms. The Labute approximate surface area is 181 Å². The van der Waals surface area contributed by atoms with Gasteiger partial charge in [-0.05, 0) is 47.9 Å². The van der Waals surface area contributed by atoms with Crippen LogP contribution in [0.3, 0.4) is 0 Å². The van der Waals surface area contributed by atoms with Crippen LogP contribution in [-0.4, -0.2) is 42.0 Å². The van der Waals surface area contributed by atoms with E-state index >= 15 is 0 Å². The molecule has 0 radical (unpaired) electrons. The van der Waals surface area contributed by atoms with Gasteiger partial charge < -0.3 is 10.2 Å². The summed E-state index contributed by atoms with van der Waals surface area (Å²) in [6, 6.07) is 21.0. The first-order valence-electron chi connectivity index (χ1n) is 10.4. The average Bonchev–Trinajstić information content (AvgIpc) is 2.79. The molecule has 0 spiro atoms. The van der Waals surface area contributed by atoms with E-state index in [2.05, 4.69) is 22.3 Å². The predicted octanol–water partition coefficient (Wildman–Crippen LogP) is 5.21. The minimum atomic E-state index is -0.446. The van der Waals surface area contributed by atoms with Gasteiger partial charge in [-0.15, -0.1) is 0 Å². The molecule has 0 aliphatic carbocycles. The normalized spacial score (nSPS) is 15.5. The fourth-order valence-electron chi connectivity index (χ4n) is 4.01. The quantitative estimate of drug-likeness (QED) is 0.628. The van der Waals surface area contributed by atoms with E-state index in [1.807, 2.05) is 37.3 Å². The largest absolute Gasteiger partial charge is 0.322 e. The second kappa shape index (κ2) is 9.27. The van der Waals surface area contributed by atoms with Gasteiger partial charge in [-0.2, -0.15) is 0 Å². The van der Waals surface area contributed by atoms with Crippen LogP contribution in [0, 0.1) is 18.6 Å². The summed E-state index contributed by atoms with van der Waals surface area (Å²) in [7, 11) is 0. The summed E-state index contributed by atoms with van der Waals surface area (Å²) < 4.78 is 27.5. The second-order valence-electron chi connectivity index (χ2n) is 7.80. The summed E-state index contributed by atoms with van der Waals surface area (Å²) in [5, 5.41) is 2.69. The molecule has 160 valence electrons. The first-order valence-corrected chi connectivity index (χ1v) is 10.4. The number of urea groups is 1. The molecule has 2 amide bonds. The number of aryl methyl sites for hydroxylation is 1. The van der Waals surface area contributed by atoms with Crippen LogP contribution in [0.15, 0.2) is 72.8 Å². The van der Waals surface area contributed by atoms with Gasteiger partial charge in [0.2, 0.25) is 0 Å². The van der Waals surface area contributed by atoms with E-state index in [4.69, 9.17) is 0 Å². The number of nitrogens with zero attached hydrogens (tertiary/aromatic N) is 2. The summed E-state index contributed by atoms with van der Waals surface area (Å²) >= 11 is 0. The minimum absolute atomic E-state index is 0.0266. The van der Waals surface area contributed by atoms with Crippen LogP contribution in [0.25, 0.3) is 0 Å². The number of benzene rings is 3. The van der Waals surface area contributed by atoms with Crippen LogP contribution in [0.4, 0.5) is 19.3 Å². The van der Waals surface area contributed by atoms with E-state index in [1.165, 1.54) is 18.2 Å². The number of amides is 2. The number of piperazine rings is 1. The van der Waals surface area contributed by atoms with Crippen molar-refractivity contribution in [2.75, 3.05) is 31.5 Å². The van der Waals surface area contributed by atoms with Gasteiger partial charge in [-0.3, -0.25) is 4.90 Å². The lowest BCUT2D eigenvalue weighted by Crippen LogP contribution is -2.51. The highest BCUT2D eigenvalue weighted by molar-refractivity contribution is 5.89. The Hall–Kier alpha value is -3.25. The summed E-state index contributed by atoms with van der Waals surface area (Å²) in [5.74, 6) is -0.710. The van der Waals surface area contributed by atoms with Crippen molar-refractivity contribution in [3.8, 4) is 0 Å². The number of carbonyl (C=O) groups is 1. The molecular formula is C25H25F2N3O. The topological polar surface area (TPSA) is 35.6 Å². The summed E-state index contributed by atoms with van der Waals surface area (Å²) in [6.07, 6.45) is 0. The lowest BCUT2D eigenvalue weighted by molar-refractivity contribution is 0.126. The average molecular weight is 421 g/mol. The SMILES string of the molecule is Cc1ccc(F)c(NC(=O)N2CCN([C@H](c3ccccc3)c3ccc(F)cc3)CC2)c1. The molecule has 1 heterocycles. The van der Waals surface area contributed by atoms with Gasteiger partial charge in [0.1, 0.15) is 11.6 Å². The number of hydrogen-bond donors (Lipinski definition) is 1. The van der Waals surface area contributed by atoms with Crippen molar-refractivity contribution in [2.45, 2.75) is 13.0 Å². The molecule has 1 aliphatic heterocycles. The van der Waals surface area contributed by atoms with Gasteiger partial charge in [0, 0.05) is 26.2 Å². The van der Waals surface area contributed by atoms with E-state index in [0.29, 0.717) is 26.2 Å². The minimum Gasteiger partial charge on any atom is -0.322 e. The van der Waals surface area contributed by atoms with Crippen LogP contribution in [0.5, 0.6) is 0 Å². The molecular weight excluding hydrogens is 396 g/mol. The van der Waals surface area contributed by atoms with Gasteiger partial charge in [-0.1, -0.05) is 48.5 Å². The third-order valence-electron chi connectivity index (χ3n) is 5.63. The number of nitrogens with one attached hydrogen (secondary N) is 1. The molecule has 6 heteroatoms. The smallest absolute Gasteiger partial charge is 0.322 e. The van der Waals surface area contributed by atoms with Crippen molar-refractivity contribution in [2.24, 2.45) is 0 Å². The molecule has 4 rings (SSSR count). The lowest BCUT2D eigenvalue weighted by atomic mass is 9.96. The Balaban J connectivity index is 1.47. The third-order valence-corrected chi connectivity index (χ3v) is 5.63. The number of carbonyl (C=O) groups excluding carboxylic acids is 1. The molecule has 0 bridgehead atoms. The zero-order chi connectivity index (χ0) is 21.8. The molecule has 4 nitrogen and oxygen atoms in total. The molecule has 1 atom stereocenters. The van der Waals surface area contributed by atoms with Gasteiger partial charge >= 0.3 is 6.03 Å². The number of halogens is 2. The molecule has 1 N–H and O–H groups in total. The summed E-state index contributed by atoms with van der Waals surface area (Å²) in [5.41, 5.74) is 3.20. The highest BCUT2D eigenvalue weighted by Crippen LogP contribution is 2.30. The molecule has 3 aromatic rings. The zero-order valence-electron chi connectivity index (χ0n) is 17.4. The van der Waals surface area contributed by atoms with Gasteiger partial charge in [0.15, 0.2) is 0 Å². The number of hydrogen-bond acceptors (Lipinski definition) is 2. The fourth-order valence-corrected chi connectivity index (χ4v) is 4.01. The van der Waals surface area contributed by atoms with Crippen molar-refractivity contribution >= 4 is 11.7 Å². The van der Waals surface area contributed by atoms with Crippen LogP contribution in [-0.2, 0) is 0 Å².